The zero-order chi connectivity index (χ0) is 9.07. The molecule has 0 bridgehead atoms. The largest absolute Gasteiger partial charge is 0.373 e. The molecule has 0 aromatic rings. The Bertz CT molecular complexity index is 99.1. The van der Waals surface area contributed by atoms with E-state index in [1.807, 2.05) is 0 Å². The van der Waals surface area contributed by atoms with Crippen molar-refractivity contribution in [1.82, 2.24) is 10.6 Å². The minimum atomic E-state index is 0.203. The van der Waals surface area contributed by atoms with E-state index in [2.05, 4.69) is 17.6 Å². The van der Waals surface area contributed by atoms with Crippen LogP contribution < -0.4 is 10.6 Å². The molecule has 0 saturated heterocycles. The van der Waals surface area contributed by atoms with Crippen molar-refractivity contribution < 1.29 is 9.53 Å². The molecule has 0 unspecified atom stereocenters. The van der Waals surface area contributed by atoms with Crippen LogP contribution in [0.3, 0.4) is 0 Å². The lowest BCUT2D eigenvalue weighted by Crippen LogP contribution is -2.29. The normalized spacial score (nSPS) is 10.1. The van der Waals surface area contributed by atoms with E-state index in [-0.39, 0.29) is 6.61 Å². The fourth-order valence-electron chi connectivity index (χ4n) is 0.754. The van der Waals surface area contributed by atoms with Gasteiger partial charge in [-0.25, -0.2) is 0 Å². The lowest BCUT2D eigenvalue weighted by Gasteiger charge is -2.04. The first-order valence-corrected chi connectivity index (χ1v) is 4.34. The summed E-state index contributed by atoms with van der Waals surface area (Å²) in [5, 5.41) is 6.37. The lowest BCUT2D eigenvalue weighted by molar-refractivity contribution is -0.111. The number of likely N-dealkylation sites (N-methyl/N-ethyl adjacent to an activating group) is 1. The van der Waals surface area contributed by atoms with Gasteiger partial charge in [0.15, 0.2) is 0 Å². The predicted octanol–water partition coefficient (Wildman–Crippen LogP) is -0.599. The van der Waals surface area contributed by atoms with Crippen molar-refractivity contribution in [2.24, 2.45) is 0 Å². The fraction of sp³-hybridized carbons (Fsp3) is 0.875. The summed E-state index contributed by atoms with van der Waals surface area (Å²) in [4.78, 5) is 9.82. The number of carbonyl (C=O) groups excluding carboxylic acids is 1. The van der Waals surface area contributed by atoms with E-state index in [0.29, 0.717) is 6.61 Å². The maximum Gasteiger partial charge on any atom is 0.145 e. The molecule has 0 aliphatic rings. The number of ether oxygens (including phenoxy) is 1. The second-order valence-corrected chi connectivity index (χ2v) is 2.35. The fourth-order valence-corrected chi connectivity index (χ4v) is 0.754. The zero-order valence-electron chi connectivity index (χ0n) is 7.64. The van der Waals surface area contributed by atoms with Crippen molar-refractivity contribution in [3.05, 3.63) is 0 Å². The van der Waals surface area contributed by atoms with Gasteiger partial charge in [0.05, 0.1) is 6.61 Å². The number of carbonyl (C=O) groups is 1. The van der Waals surface area contributed by atoms with E-state index >= 15 is 0 Å². The van der Waals surface area contributed by atoms with Crippen LogP contribution in [-0.2, 0) is 9.53 Å². The Labute approximate surface area is 73.7 Å². The summed E-state index contributed by atoms with van der Waals surface area (Å²) in [6.45, 7) is 6.61. The van der Waals surface area contributed by atoms with Gasteiger partial charge in [-0.3, -0.25) is 0 Å². The van der Waals surface area contributed by atoms with Gasteiger partial charge in [0, 0.05) is 19.6 Å². The van der Waals surface area contributed by atoms with E-state index in [4.69, 9.17) is 4.74 Å². The molecule has 0 aromatic carbocycles. The molecule has 12 heavy (non-hydrogen) atoms. The average Bonchev–Trinajstić information content (AvgIpc) is 2.10. The molecule has 0 amide bonds. The Hall–Kier alpha value is -0.450. The summed E-state index contributed by atoms with van der Waals surface area (Å²) in [5.74, 6) is 0. The summed E-state index contributed by atoms with van der Waals surface area (Å²) in [7, 11) is 0. The SMILES string of the molecule is CCNCCNCCOCC=O. The Morgan fingerprint density at radius 3 is 2.67 bits per heavy atom. The molecule has 0 aliphatic heterocycles. The van der Waals surface area contributed by atoms with Crippen LogP contribution in [0, 0.1) is 0 Å². The molecule has 0 atom stereocenters. The maximum atomic E-state index is 9.82. The van der Waals surface area contributed by atoms with Crippen LogP contribution in [-0.4, -0.2) is 45.7 Å². The molecular formula is C8H18N2O2. The average molecular weight is 174 g/mol. The van der Waals surface area contributed by atoms with Gasteiger partial charge in [-0.1, -0.05) is 6.92 Å². The monoisotopic (exact) mass is 174 g/mol. The number of aldehydes is 1. The molecule has 0 aromatic heterocycles. The second kappa shape index (κ2) is 10.6. The van der Waals surface area contributed by atoms with E-state index in [1.54, 1.807) is 0 Å². The van der Waals surface area contributed by atoms with E-state index in [9.17, 15) is 4.79 Å². The highest BCUT2D eigenvalue weighted by molar-refractivity contribution is 5.50. The molecule has 72 valence electrons. The second-order valence-electron chi connectivity index (χ2n) is 2.35. The summed E-state index contributed by atoms with van der Waals surface area (Å²) in [6.07, 6.45) is 0.763. The van der Waals surface area contributed by atoms with Crippen molar-refractivity contribution in [2.75, 3.05) is 39.4 Å². The van der Waals surface area contributed by atoms with Gasteiger partial charge in [0.2, 0.25) is 0 Å². The quantitative estimate of drug-likeness (QED) is 0.362. The molecule has 2 N–H and O–H groups in total. The van der Waals surface area contributed by atoms with Gasteiger partial charge in [-0.15, -0.1) is 0 Å². The number of hydrogen-bond donors (Lipinski definition) is 2. The van der Waals surface area contributed by atoms with Crippen LogP contribution in [0.2, 0.25) is 0 Å². The van der Waals surface area contributed by atoms with Gasteiger partial charge in [0.1, 0.15) is 12.9 Å². The topological polar surface area (TPSA) is 50.4 Å². The van der Waals surface area contributed by atoms with E-state index in [1.165, 1.54) is 0 Å². The summed E-state index contributed by atoms with van der Waals surface area (Å²) in [5.41, 5.74) is 0. The first-order chi connectivity index (χ1) is 5.91. The van der Waals surface area contributed by atoms with Gasteiger partial charge in [0.25, 0.3) is 0 Å². The van der Waals surface area contributed by atoms with Crippen molar-refractivity contribution in [3.8, 4) is 0 Å². The summed E-state index contributed by atoms with van der Waals surface area (Å²) < 4.78 is 4.94. The van der Waals surface area contributed by atoms with Crippen LogP contribution in [0.15, 0.2) is 0 Å². The smallest absolute Gasteiger partial charge is 0.145 e. The van der Waals surface area contributed by atoms with Gasteiger partial charge < -0.3 is 20.2 Å². The van der Waals surface area contributed by atoms with Crippen molar-refractivity contribution in [1.29, 1.82) is 0 Å². The highest BCUT2D eigenvalue weighted by Gasteiger charge is 1.86. The van der Waals surface area contributed by atoms with Gasteiger partial charge in [-0.2, -0.15) is 0 Å². The maximum absolute atomic E-state index is 9.82. The minimum absolute atomic E-state index is 0.203. The third-order valence-electron chi connectivity index (χ3n) is 1.34. The van der Waals surface area contributed by atoms with Crippen molar-refractivity contribution in [2.45, 2.75) is 6.92 Å². The minimum Gasteiger partial charge on any atom is -0.373 e. The molecule has 0 aliphatic carbocycles. The highest BCUT2D eigenvalue weighted by atomic mass is 16.5. The molecule has 0 saturated carbocycles. The van der Waals surface area contributed by atoms with E-state index < -0.39 is 0 Å². The lowest BCUT2D eigenvalue weighted by atomic mass is 10.5. The molecule has 0 fully saturated rings. The van der Waals surface area contributed by atoms with Crippen LogP contribution in [0.25, 0.3) is 0 Å². The van der Waals surface area contributed by atoms with Crippen molar-refractivity contribution in [3.63, 3.8) is 0 Å². The molecule has 0 rings (SSSR count). The molecule has 4 heteroatoms. The Balaban J connectivity index is 2.77. The standard InChI is InChI=1S/C8H18N2O2/c1-2-9-3-4-10-5-7-12-8-6-11/h6,9-10H,2-5,7-8H2,1H3. The third-order valence-corrected chi connectivity index (χ3v) is 1.34. The highest BCUT2D eigenvalue weighted by Crippen LogP contribution is 1.68. The Morgan fingerprint density at radius 1 is 1.25 bits per heavy atom. The Morgan fingerprint density at radius 2 is 2.00 bits per heavy atom. The molecular weight excluding hydrogens is 156 g/mol. The number of hydrogen-bond acceptors (Lipinski definition) is 4. The van der Waals surface area contributed by atoms with Crippen LogP contribution in [0.1, 0.15) is 6.92 Å². The zero-order valence-corrected chi connectivity index (χ0v) is 7.64. The molecule has 4 nitrogen and oxygen atoms in total. The number of nitrogens with one attached hydrogen (secondary N) is 2. The van der Waals surface area contributed by atoms with Gasteiger partial charge >= 0.3 is 0 Å². The molecule has 0 spiro atoms. The van der Waals surface area contributed by atoms with Crippen LogP contribution in [0.4, 0.5) is 0 Å². The number of rotatable bonds is 9. The van der Waals surface area contributed by atoms with Crippen molar-refractivity contribution >= 4 is 6.29 Å². The molecule has 0 heterocycles. The van der Waals surface area contributed by atoms with Crippen LogP contribution >= 0.6 is 0 Å². The first kappa shape index (κ1) is 11.6. The molecule has 0 radical (unpaired) electrons. The predicted molar refractivity (Wildman–Crippen MR) is 48.3 cm³/mol. The Kier molecular flexibility index (Phi) is 10.2. The first-order valence-electron chi connectivity index (χ1n) is 4.34. The van der Waals surface area contributed by atoms with E-state index in [0.717, 1.165) is 32.5 Å². The summed E-state index contributed by atoms with van der Waals surface area (Å²) in [6, 6.07) is 0. The van der Waals surface area contributed by atoms with Crippen LogP contribution in [0.5, 0.6) is 0 Å². The summed E-state index contributed by atoms with van der Waals surface area (Å²) >= 11 is 0. The third kappa shape index (κ3) is 9.55. The van der Waals surface area contributed by atoms with Gasteiger partial charge in [-0.05, 0) is 6.54 Å².